The Balaban J connectivity index is 1.58. The van der Waals surface area contributed by atoms with Crippen LogP contribution in [0.25, 0.3) is 28.0 Å². The Morgan fingerprint density at radius 3 is 2.71 bits per heavy atom. The monoisotopic (exact) mass is 460 g/mol. The topological polar surface area (TPSA) is 217 Å². The fraction of sp³-hybridized carbons (Fsp3) is 0. The van der Waals surface area contributed by atoms with E-state index in [0.29, 0.717) is 11.1 Å². The van der Waals surface area contributed by atoms with Gasteiger partial charge in [0, 0.05) is 23.1 Å². The molecule has 0 aliphatic heterocycles. The zero-order valence-corrected chi connectivity index (χ0v) is 16.9. The summed E-state index contributed by atoms with van der Waals surface area (Å²) in [5.74, 6) is -1.38. The first-order chi connectivity index (χ1) is 16.4. The molecule has 0 atom stereocenters. The molecule has 0 radical (unpaired) electrons. The van der Waals surface area contributed by atoms with Gasteiger partial charge in [-0.15, -0.1) is 15.3 Å². The highest BCUT2D eigenvalue weighted by Gasteiger charge is 2.25. The number of fused-ring (bicyclic) bond motifs is 1. The van der Waals surface area contributed by atoms with Crippen molar-refractivity contribution in [3.8, 4) is 23.0 Å². The molecule has 3 aromatic heterocycles. The predicted molar refractivity (Wildman–Crippen MR) is 115 cm³/mol. The molecule has 4 N–H and O–H groups in total. The summed E-state index contributed by atoms with van der Waals surface area (Å²) >= 11 is 0. The Kier molecular flexibility index (Phi) is 4.75. The van der Waals surface area contributed by atoms with Gasteiger partial charge < -0.3 is 15.8 Å². The van der Waals surface area contributed by atoms with Gasteiger partial charge in [0.15, 0.2) is 11.4 Å². The first-order valence-electron chi connectivity index (χ1n) is 9.48. The van der Waals surface area contributed by atoms with Crippen LogP contribution in [0.5, 0.6) is 5.88 Å². The molecule has 168 valence electrons. The third kappa shape index (κ3) is 3.38. The smallest absolute Gasteiger partial charge is 0.318 e. The van der Waals surface area contributed by atoms with Gasteiger partial charge in [0.1, 0.15) is 5.69 Å². The highest BCUT2D eigenvalue weighted by Crippen LogP contribution is 2.37. The lowest BCUT2D eigenvalue weighted by Crippen LogP contribution is -2.05. The second kappa shape index (κ2) is 7.90. The van der Waals surface area contributed by atoms with E-state index in [1.54, 1.807) is 30.3 Å². The minimum Gasteiger partial charge on any atom is -0.493 e. The molecule has 0 saturated carbocycles. The summed E-state index contributed by atoms with van der Waals surface area (Å²) in [6.07, 6.45) is 0. The lowest BCUT2D eigenvalue weighted by atomic mass is 10.1. The van der Waals surface area contributed by atoms with Crippen LogP contribution in [0.15, 0.2) is 63.4 Å². The van der Waals surface area contributed by atoms with E-state index in [1.165, 1.54) is 22.9 Å². The van der Waals surface area contributed by atoms with Crippen molar-refractivity contribution < 1.29 is 19.5 Å². The number of amides is 1. The van der Waals surface area contributed by atoms with Crippen LogP contribution >= 0.6 is 0 Å². The number of nitro benzene ring substituents is 1. The first kappa shape index (κ1) is 20.4. The number of rotatable bonds is 5. The number of nitrogens with two attached hydrogens (primary N) is 1. The van der Waals surface area contributed by atoms with Crippen LogP contribution in [-0.4, -0.2) is 46.2 Å². The second-order valence-electron chi connectivity index (χ2n) is 6.85. The number of nitro groups is 1. The van der Waals surface area contributed by atoms with Crippen LogP contribution in [-0.2, 0) is 0 Å². The van der Waals surface area contributed by atoms with Crippen molar-refractivity contribution in [3.63, 3.8) is 0 Å². The maximum atomic E-state index is 13.0. The highest BCUT2D eigenvalue weighted by atomic mass is 16.6. The van der Waals surface area contributed by atoms with Crippen molar-refractivity contribution >= 4 is 34.0 Å². The number of nitrogen functional groups attached to an aromatic ring is 1. The summed E-state index contributed by atoms with van der Waals surface area (Å²) in [6, 6.07) is 12.5. The minimum absolute atomic E-state index is 0.0175. The Morgan fingerprint density at radius 1 is 1.21 bits per heavy atom. The summed E-state index contributed by atoms with van der Waals surface area (Å²) < 4.78 is 5.79. The van der Waals surface area contributed by atoms with E-state index in [0.717, 1.165) is 0 Å². The maximum absolute atomic E-state index is 13.0. The fourth-order valence-electron chi connectivity index (χ4n) is 3.28. The number of anilines is 1. The van der Waals surface area contributed by atoms with Gasteiger partial charge in [-0.3, -0.25) is 14.9 Å². The van der Waals surface area contributed by atoms with E-state index < -0.39 is 16.7 Å². The molecule has 1 amide bonds. The number of non-ortho nitro benzene ring substituents is 1. The molecule has 0 bridgehead atoms. The fourth-order valence-corrected chi connectivity index (χ4v) is 3.28. The number of aromatic nitrogens is 6. The van der Waals surface area contributed by atoms with E-state index >= 15 is 0 Å². The van der Waals surface area contributed by atoms with Crippen LogP contribution < -0.4 is 5.73 Å². The van der Waals surface area contributed by atoms with Gasteiger partial charge in [0.2, 0.25) is 17.5 Å². The van der Waals surface area contributed by atoms with Gasteiger partial charge in [-0.05, 0) is 16.4 Å². The van der Waals surface area contributed by atoms with Crippen LogP contribution in [0, 0.1) is 10.1 Å². The molecule has 0 aliphatic rings. The molecule has 3 heterocycles. The van der Waals surface area contributed by atoms with Gasteiger partial charge in [0.05, 0.1) is 10.4 Å². The van der Waals surface area contributed by atoms with Gasteiger partial charge in [-0.1, -0.05) is 35.5 Å². The maximum Gasteiger partial charge on any atom is 0.318 e. The van der Waals surface area contributed by atoms with Crippen molar-refractivity contribution in [2.75, 3.05) is 5.73 Å². The molecule has 0 unspecified atom stereocenters. The Bertz CT molecular complexity index is 1580. The zero-order valence-electron chi connectivity index (χ0n) is 16.9. The summed E-state index contributed by atoms with van der Waals surface area (Å²) in [7, 11) is 0. The summed E-state index contributed by atoms with van der Waals surface area (Å²) in [4.78, 5) is 26.1. The Hall–Kier alpha value is -5.47. The van der Waals surface area contributed by atoms with Gasteiger partial charge >= 0.3 is 5.91 Å². The van der Waals surface area contributed by atoms with Gasteiger partial charge in [-0.2, -0.15) is 4.68 Å². The highest BCUT2D eigenvalue weighted by molar-refractivity contribution is 6.00. The quantitative estimate of drug-likeness (QED) is 0.198. The third-order valence-electron chi connectivity index (χ3n) is 4.80. The van der Waals surface area contributed by atoms with Crippen LogP contribution in [0.3, 0.4) is 0 Å². The largest absolute Gasteiger partial charge is 0.493 e. The van der Waals surface area contributed by atoms with Crippen molar-refractivity contribution in [1.82, 2.24) is 30.3 Å². The van der Waals surface area contributed by atoms with Crippen molar-refractivity contribution in [3.05, 3.63) is 64.3 Å². The van der Waals surface area contributed by atoms with Crippen molar-refractivity contribution in [2.24, 2.45) is 10.2 Å². The first-order valence-corrected chi connectivity index (χ1v) is 9.48. The van der Waals surface area contributed by atoms with E-state index in [4.69, 9.17) is 5.73 Å². The lowest BCUT2D eigenvalue weighted by Gasteiger charge is -2.04. The third-order valence-corrected chi connectivity index (χ3v) is 4.80. The molecule has 5 aromatic rings. The molecule has 5 rings (SSSR count). The van der Waals surface area contributed by atoms with E-state index in [2.05, 4.69) is 40.5 Å². The van der Waals surface area contributed by atoms with E-state index in [-0.39, 0.29) is 39.8 Å². The number of nitrogens with one attached hydrogen (secondary N) is 1. The number of H-pyrrole nitrogens is 1. The standard InChI is InChI=1S/C19H12N10O5/c20-16-17(26-34-25-16)28-15(9-4-2-1-3-5-9)14(23-27-28)19(31)24-22-13-11-8-10(29(32)33)6-7-12(11)21-18(13)30/h1-8,21,30H,(H2,20,25). The lowest BCUT2D eigenvalue weighted by molar-refractivity contribution is -0.384. The van der Waals surface area contributed by atoms with E-state index in [9.17, 15) is 20.0 Å². The molecule has 0 fully saturated rings. The van der Waals surface area contributed by atoms with Crippen molar-refractivity contribution in [2.45, 2.75) is 0 Å². The summed E-state index contributed by atoms with van der Waals surface area (Å²) in [5, 5.41) is 44.0. The molecule has 0 spiro atoms. The van der Waals surface area contributed by atoms with Gasteiger partial charge in [-0.25, -0.2) is 4.63 Å². The zero-order chi connectivity index (χ0) is 23.8. The molecule has 34 heavy (non-hydrogen) atoms. The number of carbonyl (C=O) groups excluding carboxylic acids is 1. The Morgan fingerprint density at radius 2 is 2.00 bits per heavy atom. The van der Waals surface area contributed by atoms with Crippen LogP contribution in [0.2, 0.25) is 0 Å². The molecule has 0 aliphatic carbocycles. The number of hydrogen-bond acceptors (Lipinski definition) is 11. The average Bonchev–Trinajstić information content (AvgIpc) is 3.53. The Labute approximate surface area is 187 Å². The molecule has 0 saturated heterocycles. The SMILES string of the molecule is Nc1nonc1-n1nnc(C(=O)N=Nc2c(O)[nH]c3ccc([N+](=O)[O-])cc23)c1-c1ccccc1. The number of nitrogens with zero attached hydrogens (tertiary/aromatic N) is 8. The number of benzene rings is 2. The number of azo groups is 1. The summed E-state index contributed by atoms with van der Waals surface area (Å²) in [5.41, 5.74) is 6.32. The van der Waals surface area contributed by atoms with Crippen LogP contribution in [0.1, 0.15) is 10.5 Å². The van der Waals surface area contributed by atoms with Crippen molar-refractivity contribution in [1.29, 1.82) is 0 Å². The second-order valence-corrected chi connectivity index (χ2v) is 6.85. The number of aromatic amines is 1. The minimum atomic E-state index is -0.903. The number of carbonyl (C=O) groups is 1. The molecular weight excluding hydrogens is 448 g/mol. The molecule has 2 aromatic carbocycles. The number of hydrogen-bond donors (Lipinski definition) is 3. The summed E-state index contributed by atoms with van der Waals surface area (Å²) in [6.45, 7) is 0. The molecular formula is C19H12N10O5. The number of aromatic hydroxyl groups is 1. The molecule has 15 heteroatoms. The predicted octanol–water partition coefficient (Wildman–Crippen LogP) is 2.92. The average molecular weight is 460 g/mol. The normalized spacial score (nSPS) is 11.4. The van der Waals surface area contributed by atoms with Crippen LogP contribution in [0.4, 0.5) is 17.2 Å². The van der Waals surface area contributed by atoms with Gasteiger partial charge in [0.25, 0.3) is 5.69 Å². The van der Waals surface area contributed by atoms with E-state index in [1.807, 2.05) is 0 Å². The molecule has 15 nitrogen and oxygen atoms in total.